The van der Waals surface area contributed by atoms with Crippen LogP contribution in [0.1, 0.15) is 5.56 Å². The Balaban J connectivity index is 2.86. The van der Waals surface area contributed by atoms with Gasteiger partial charge in [0, 0.05) is 19.9 Å². The molecule has 0 aliphatic carbocycles. The number of pyridine rings is 1. The third-order valence-electron chi connectivity index (χ3n) is 1.90. The summed E-state index contributed by atoms with van der Waals surface area (Å²) < 4.78 is 30.6. The summed E-state index contributed by atoms with van der Waals surface area (Å²) in [6.07, 6.45) is 1.23. The molecule has 5 nitrogen and oxygen atoms in total. The van der Waals surface area contributed by atoms with Crippen LogP contribution < -0.4 is 4.72 Å². The van der Waals surface area contributed by atoms with Crippen LogP contribution in [0.4, 0.5) is 0 Å². The molecule has 0 saturated heterocycles. The van der Waals surface area contributed by atoms with Gasteiger partial charge in [0.05, 0.1) is 6.61 Å². The van der Waals surface area contributed by atoms with Crippen LogP contribution in [0, 0.1) is 6.92 Å². The van der Waals surface area contributed by atoms with Gasteiger partial charge in [0.2, 0.25) is 10.0 Å². The maximum Gasteiger partial charge on any atom is 0.242 e. The summed E-state index contributed by atoms with van der Waals surface area (Å²) in [5.41, 5.74) is 0.622. The average Bonchev–Trinajstić information content (AvgIpc) is 2.22. The van der Waals surface area contributed by atoms with Gasteiger partial charge in [-0.3, -0.25) is 0 Å². The summed E-state index contributed by atoms with van der Waals surface area (Å²) >= 11 is 5.71. The number of hydrogen-bond acceptors (Lipinski definition) is 4. The van der Waals surface area contributed by atoms with Crippen molar-refractivity contribution < 1.29 is 13.2 Å². The molecule has 0 aromatic carbocycles. The zero-order valence-corrected chi connectivity index (χ0v) is 10.6. The Bertz CT molecular complexity index is 462. The van der Waals surface area contributed by atoms with Crippen LogP contribution in [0.15, 0.2) is 17.2 Å². The van der Waals surface area contributed by atoms with Crippen LogP contribution in [0.3, 0.4) is 0 Å². The van der Waals surface area contributed by atoms with E-state index in [0.29, 0.717) is 17.3 Å². The highest BCUT2D eigenvalue weighted by atomic mass is 35.5. The van der Waals surface area contributed by atoms with Crippen LogP contribution in [0.2, 0.25) is 5.15 Å². The zero-order valence-electron chi connectivity index (χ0n) is 9.03. The molecule has 1 heterocycles. The largest absolute Gasteiger partial charge is 0.383 e. The SMILES string of the molecule is COCCNS(=O)(=O)c1cnc(Cl)c(C)c1. The Hall–Kier alpha value is -0.690. The molecule has 0 radical (unpaired) electrons. The highest BCUT2D eigenvalue weighted by molar-refractivity contribution is 7.89. The van der Waals surface area contributed by atoms with Crippen LogP contribution in [0.25, 0.3) is 0 Å². The third-order valence-corrected chi connectivity index (χ3v) is 3.72. The lowest BCUT2D eigenvalue weighted by Crippen LogP contribution is -2.27. The summed E-state index contributed by atoms with van der Waals surface area (Å²) in [7, 11) is -2.02. The molecule has 0 aliphatic heterocycles. The molecule has 1 aromatic heterocycles. The number of hydrogen-bond donors (Lipinski definition) is 1. The van der Waals surface area contributed by atoms with E-state index in [-0.39, 0.29) is 11.4 Å². The van der Waals surface area contributed by atoms with E-state index in [4.69, 9.17) is 16.3 Å². The molecule has 16 heavy (non-hydrogen) atoms. The average molecular weight is 265 g/mol. The monoisotopic (exact) mass is 264 g/mol. The van der Waals surface area contributed by atoms with Crippen molar-refractivity contribution in [2.24, 2.45) is 0 Å². The van der Waals surface area contributed by atoms with Gasteiger partial charge in [-0.05, 0) is 18.6 Å². The molecule has 0 saturated carbocycles. The van der Waals surface area contributed by atoms with Crippen molar-refractivity contribution >= 4 is 21.6 Å². The minimum absolute atomic E-state index is 0.102. The smallest absolute Gasteiger partial charge is 0.242 e. The second kappa shape index (κ2) is 5.58. The number of aromatic nitrogens is 1. The van der Waals surface area contributed by atoms with Crippen molar-refractivity contribution in [3.05, 3.63) is 23.0 Å². The number of nitrogens with zero attached hydrogens (tertiary/aromatic N) is 1. The molecule has 0 bridgehead atoms. The van der Waals surface area contributed by atoms with Gasteiger partial charge in [0.1, 0.15) is 10.0 Å². The van der Waals surface area contributed by atoms with Crippen molar-refractivity contribution in [3.63, 3.8) is 0 Å². The molecule has 0 aliphatic rings. The summed E-state index contributed by atoms with van der Waals surface area (Å²) in [6, 6.07) is 1.48. The van der Waals surface area contributed by atoms with Gasteiger partial charge in [-0.15, -0.1) is 0 Å². The Morgan fingerprint density at radius 1 is 1.56 bits per heavy atom. The molecule has 0 amide bonds. The molecule has 0 atom stereocenters. The Morgan fingerprint density at radius 2 is 2.25 bits per heavy atom. The van der Waals surface area contributed by atoms with Gasteiger partial charge in [0.15, 0.2) is 0 Å². The topological polar surface area (TPSA) is 68.3 Å². The number of methoxy groups -OCH3 is 1. The molecule has 0 spiro atoms. The minimum Gasteiger partial charge on any atom is -0.383 e. The van der Waals surface area contributed by atoms with Crippen LogP contribution in [0.5, 0.6) is 0 Å². The Labute approximate surface area is 99.8 Å². The van der Waals surface area contributed by atoms with E-state index in [1.165, 1.54) is 19.4 Å². The fraction of sp³-hybridized carbons (Fsp3) is 0.444. The van der Waals surface area contributed by atoms with E-state index >= 15 is 0 Å². The zero-order chi connectivity index (χ0) is 12.2. The number of sulfonamides is 1. The first kappa shape index (κ1) is 13.4. The Morgan fingerprint density at radius 3 is 2.81 bits per heavy atom. The molecule has 0 fully saturated rings. The number of aryl methyl sites for hydroxylation is 1. The summed E-state index contributed by atoms with van der Waals surface area (Å²) in [6.45, 7) is 2.24. The molecular formula is C9H13ClN2O3S. The van der Waals surface area contributed by atoms with Gasteiger partial charge in [0.25, 0.3) is 0 Å². The van der Waals surface area contributed by atoms with Gasteiger partial charge in [-0.2, -0.15) is 0 Å². The lowest BCUT2D eigenvalue weighted by Gasteiger charge is -2.06. The number of nitrogens with one attached hydrogen (secondary N) is 1. The van der Waals surface area contributed by atoms with E-state index in [0.717, 1.165) is 0 Å². The van der Waals surface area contributed by atoms with Crippen LogP contribution >= 0.6 is 11.6 Å². The van der Waals surface area contributed by atoms with Gasteiger partial charge >= 0.3 is 0 Å². The van der Waals surface area contributed by atoms with E-state index in [9.17, 15) is 8.42 Å². The molecule has 0 unspecified atom stereocenters. The van der Waals surface area contributed by atoms with Crippen molar-refractivity contribution in [2.75, 3.05) is 20.3 Å². The third kappa shape index (κ3) is 3.41. The predicted octanol–water partition coefficient (Wildman–Crippen LogP) is 0.968. The molecule has 7 heteroatoms. The van der Waals surface area contributed by atoms with E-state index < -0.39 is 10.0 Å². The van der Waals surface area contributed by atoms with Crippen molar-refractivity contribution in [1.29, 1.82) is 0 Å². The molecule has 90 valence electrons. The van der Waals surface area contributed by atoms with Crippen molar-refractivity contribution in [3.8, 4) is 0 Å². The summed E-state index contributed by atoms with van der Waals surface area (Å²) in [5, 5.41) is 0.302. The summed E-state index contributed by atoms with van der Waals surface area (Å²) in [4.78, 5) is 3.89. The highest BCUT2D eigenvalue weighted by Gasteiger charge is 2.14. The van der Waals surface area contributed by atoms with E-state index in [1.54, 1.807) is 6.92 Å². The maximum absolute atomic E-state index is 11.7. The second-order valence-electron chi connectivity index (χ2n) is 3.17. The molecular weight excluding hydrogens is 252 g/mol. The van der Waals surface area contributed by atoms with E-state index in [1.807, 2.05) is 0 Å². The first-order chi connectivity index (χ1) is 7.47. The van der Waals surface area contributed by atoms with Crippen molar-refractivity contribution in [2.45, 2.75) is 11.8 Å². The van der Waals surface area contributed by atoms with Crippen LogP contribution in [-0.4, -0.2) is 33.7 Å². The maximum atomic E-state index is 11.7. The van der Waals surface area contributed by atoms with Gasteiger partial charge in [-0.1, -0.05) is 11.6 Å². The lowest BCUT2D eigenvalue weighted by atomic mass is 10.3. The van der Waals surface area contributed by atoms with Gasteiger partial charge in [-0.25, -0.2) is 18.1 Å². The number of halogens is 1. The lowest BCUT2D eigenvalue weighted by molar-refractivity contribution is 0.204. The molecule has 1 rings (SSSR count). The summed E-state index contributed by atoms with van der Waals surface area (Å²) in [5.74, 6) is 0. The standard InChI is InChI=1S/C9H13ClN2O3S/c1-7-5-8(6-11-9(7)10)16(13,14)12-3-4-15-2/h5-6,12H,3-4H2,1-2H3. The fourth-order valence-corrected chi connectivity index (χ4v) is 2.19. The first-order valence-electron chi connectivity index (χ1n) is 4.58. The Kier molecular flexibility index (Phi) is 4.67. The van der Waals surface area contributed by atoms with E-state index in [2.05, 4.69) is 9.71 Å². The normalized spacial score (nSPS) is 11.7. The highest BCUT2D eigenvalue weighted by Crippen LogP contribution is 2.15. The number of rotatable bonds is 5. The fourth-order valence-electron chi connectivity index (χ4n) is 1.04. The first-order valence-corrected chi connectivity index (χ1v) is 6.44. The minimum atomic E-state index is -3.52. The molecule has 1 N–H and O–H groups in total. The second-order valence-corrected chi connectivity index (χ2v) is 5.29. The molecule has 1 aromatic rings. The predicted molar refractivity (Wildman–Crippen MR) is 61.0 cm³/mol. The van der Waals surface area contributed by atoms with Gasteiger partial charge < -0.3 is 4.74 Å². The van der Waals surface area contributed by atoms with Crippen molar-refractivity contribution in [1.82, 2.24) is 9.71 Å². The number of ether oxygens (including phenoxy) is 1. The quantitative estimate of drug-likeness (QED) is 0.636. The van der Waals surface area contributed by atoms with Crippen LogP contribution in [-0.2, 0) is 14.8 Å².